The maximum atomic E-state index is 5.58. The molecule has 0 fully saturated rings. The number of aromatic nitrogens is 2. The number of hydrogen-bond acceptors (Lipinski definition) is 2. The second-order valence-corrected chi connectivity index (χ2v) is 3.58. The molecule has 0 atom stereocenters. The summed E-state index contributed by atoms with van der Waals surface area (Å²) < 4.78 is 1.94. The van der Waals surface area contributed by atoms with E-state index in [9.17, 15) is 0 Å². The van der Waals surface area contributed by atoms with Gasteiger partial charge in [0, 0.05) is 24.5 Å². The number of nitrogens with two attached hydrogens (primary N) is 1. The predicted octanol–water partition coefficient (Wildman–Crippen LogP) is 1.38. The van der Waals surface area contributed by atoms with Crippen LogP contribution in [-0.4, -0.2) is 16.3 Å². The lowest BCUT2D eigenvalue weighted by atomic mass is 10.1. The van der Waals surface area contributed by atoms with Crippen LogP contribution in [0.2, 0.25) is 0 Å². The third-order valence-corrected chi connectivity index (χ3v) is 2.57. The number of aryl methyl sites for hydroxylation is 2. The maximum absolute atomic E-state index is 5.58. The highest BCUT2D eigenvalue weighted by Gasteiger charge is 2.08. The second kappa shape index (κ2) is 3.42. The molecule has 14 heavy (non-hydrogen) atoms. The molecule has 0 aliphatic carbocycles. The molecule has 0 saturated carbocycles. The van der Waals surface area contributed by atoms with Crippen molar-refractivity contribution in [2.45, 2.75) is 13.3 Å². The van der Waals surface area contributed by atoms with Gasteiger partial charge in [0.15, 0.2) is 0 Å². The molecular formula is C11H15N3. The first-order valence-electron chi connectivity index (χ1n) is 4.85. The van der Waals surface area contributed by atoms with E-state index in [-0.39, 0.29) is 0 Å². The molecule has 2 rings (SSSR count). The number of benzene rings is 1. The van der Waals surface area contributed by atoms with E-state index >= 15 is 0 Å². The third-order valence-electron chi connectivity index (χ3n) is 2.57. The van der Waals surface area contributed by atoms with Crippen LogP contribution in [-0.2, 0) is 13.5 Å². The summed E-state index contributed by atoms with van der Waals surface area (Å²) in [5.74, 6) is 0. The van der Waals surface area contributed by atoms with Gasteiger partial charge in [0.1, 0.15) is 0 Å². The molecule has 1 aromatic heterocycles. The topological polar surface area (TPSA) is 43.8 Å². The molecule has 2 N–H and O–H groups in total. The van der Waals surface area contributed by atoms with Crippen LogP contribution in [0.15, 0.2) is 18.2 Å². The normalized spacial score (nSPS) is 11.1. The van der Waals surface area contributed by atoms with E-state index in [2.05, 4.69) is 30.2 Å². The van der Waals surface area contributed by atoms with Gasteiger partial charge in [-0.1, -0.05) is 18.2 Å². The van der Waals surface area contributed by atoms with Crippen LogP contribution in [0, 0.1) is 6.92 Å². The standard InChI is InChI=1S/C11H15N3/c1-8-4-3-5-9-10(6-7-12)14(2)13-11(8)9/h3-5H,6-7,12H2,1-2H3. The summed E-state index contributed by atoms with van der Waals surface area (Å²) in [6.07, 6.45) is 0.885. The third kappa shape index (κ3) is 1.30. The summed E-state index contributed by atoms with van der Waals surface area (Å²) in [7, 11) is 1.98. The lowest BCUT2D eigenvalue weighted by Gasteiger charge is -1.99. The van der Waals surface area contributed by atoms with Crippen molar-refractivity contribution in [3.8, 4) is 0 Å². The van der Waals surface area contributed by atoms with Crippen molar-refractivity contribution in [2.24, 2.45) is 12.8 Å². The smallest absolute Gasteiger partial charge is 0.0955 e. The first-order chi connectivity index (χ1) is 6.74. The Balaban J connectivity index is 2.70. The van der Waals surface area contributed by atoms with Gasteiger partial charge in [0.2, 0.25) is 0 Å². The van der Waals surface area contributed by atoms with Gasteiger partial charge < -0.3 is 5.73 Å². The SMILES string of the molecule is Cc1cccc2c(CCN)n(C)nc12. The van der Waals surface area contributed by atoms with E-state index in [4.69, 9.17) is 5.73 Å². The highest BCUT2D eigenvalue weighted by molar-refractivity contribution is 5.84. The Labute approximate surface area is 83.5 Å². The van der Waals surface area contributed by atoms with Crippen molar-refractivity contribution in [1.29, 1.82) is 0 Å². The van der Waals surface area contributed by atoms with Crippen LogP contribution in [0.1, 0.15) is 11.3 Å². The fraction of sp³-hybridized carbons (Fsp3) is 0.364. The Hall–Kier alpha value is -1.35. The van der Waals surface area contributed by atoms with E-state index in [1.54, 1.807) is 0 Å². The van der Waals surface area contributed by atoms with E-state index in [0.29, 0.717) is 6.54 Å². The second-order valence-electron chi connectivity index (χ2n) is 3.58. The Morgan fingerprint density at radius 2 is 2.21 bits per heavy atom. The van der Waals surface area contributed by atoms with Gasteiger partial charge in [-0.05, 0) is 19.0 Å². The molecule has 0 unspecified atom stereocenters. The number of rotatable bonds is 2. The molecule has 3 heteroatoms. The molecule has 1 heterocycles. The quantitative estimate of drug-likeness (QED) is 0.775. The van der Waals surface area contributed by atoms with Crippen LogP contribution < -0.4 is 5.73 Å². The average Bonchev–Trinajstić information content (AvgIpc) is 2.47. The van der Waals surface area contributed by atoms with Gasteiger partial charge >= 0.3 is 0 Å². The molecule has 3 nitrogen and oxygen atoms in total. The van der Waals surface area contributed by atoms with Crippen molar-refractivity contribution < 1.29 is 0 Å². The van der Waals surface area contributed by atoms with Gasteiger partial charge in [-0.25, -0.2) is 0 Å². The highest BCUT2D eigenvalue weighted by Crippen LogP contribution is 2.20. The molecule has 0 aliphatic heterocycles. The lowest BCUT2D eigenvalue weighted by Crippen LogP contribution is -2.07. The minimum Gasteiger partial charge on any atom is -0.330 e. The molecule has 0 radical (unpaired) electrons. The van der Waals surface area contributed by atoms with Crippen molar-refractivity contribution in [2.75, 3.05) is 6.54 Å². The Bertz CT molecular complexity index is 457. The Morgan fingerprint density at radius 3 is 2.93 bits per heavy atom. The number of nitrogens with zero attached hydrogens (tertiary/aromatic N) is 2. The first kappa shape index (κ1) is 9.21. The zero-order valence-corrected chi connectivity index (χ0v) is 8.62. The fourth-order valence-corrected chi connectivity index (χ4v) is 1.84. The molecule has 0 bridgehead atoms. The molecule has 0 saturated heterocycles. The fourth-order valence-electron chi connectivity index (χ4n) is 1.84. The van der Waals surface area contributed by atoms with E-state index in [1.807, 2.05) is 11.7 Å². The van der Waals surface area contributed by atoms with Crippen molar-refractivity contribution in [1.82, 2.24) is 9.78 Å². The number of hydrogen-bond donors (Lipinski definition) is 1. The number of fused-ring (bicyclic) bond motifs is 1. The van der Waals surface area contributed by atoms with Gasteiger partial charge in [-0.3, -0.25) is 4.68 Å². The van der Waals surface area contributed by atoms with Gasteiger partial charge in [0.25, 0.3) is 0 Å². The highest BCUT2D eigenvalue weighted by atomic mass is 15.3. The Morgan fingerprint density at radius 1 is 1.43 bits per heavy atom. The van der Waals surface area contributed by atoms with Gasteiger partial charge in [0.05, 0.1) is 5.52 Å². The van der Waals surface area contributed by atoms with Crippen LogP contribution in [0.5, 0.6) is 0 Å². The van der Waals surface area contributed by atoms with Crippen LogP contribution in [0.4, 0.5) is 0 Å². The largest absolute Gasteiger partial charge is 0.330 e. The van der Waals surface area contributed by atoms with Crippen LogP contribution in [0.25, 0.3) is 10.9 Å². The summed E-state index contributed by atoms with van der Waals surface area (Å²) in [6, 6.07) is 6.27. The average molecular weight is 189 g/mol. The molecule has 0 aliphatic rings. The van der Waals surface area contributed by atoms with Crippen LogP contribution in [0.3, 0.4) is 0 Å². The molecule has 1 aromatic carbocycles. The van der Waals surface area contributed by atoms with Crippen molar-refractivity contribution >= 4 is 10.9 Å². The molecular weight excluding hydrogens is 174 g/mol. The van der Waals surface area contributed by atoms with Gasteiger partial charge in [-0.15, -0.1) is 0 Å². The van der Waals surface area contributed by atoms with Gasteiger partial charge in [-0.2, -0.15) is 5.10 Å². The summed E-state index contributed by atoms with van der Waals surface area (Å²) in [4.78, 5) is 0. The van der Waals surface area contributed by atoms with E-state index in [0.717, 1.165) is 11.9 Å². The van der Waals surface area contributed by atoms with Crippen molar-refractivity contribution in [3.63, 3.8) is 0 Å². The lowest BCUT2D eigenvalue weighted by molar-refractivity contribution is 0.715. The Kier molecular flexibility index (Phi) is 2.25. The first-order valence-corrected chi connectivity index (χ1v) is 4.85. The minimum absolute atomic E-state index is 0.669. The monoisotopic (exact) mass is 189 g/mol. The van der Waals surface area contributed by atoms with E-state index < -0.39 is 0 Å². The molecule has 0 spiro atoms. The molecule has 74 valence electrons. The summed E-state index contributed by atoms with van der Waals surface area (Å²) in [5.41, 5.74) is 9.12. The maximum Gasteiger partial charge on any atom is 0.0955 e. The molecule has 2 aromatic rings. The van der Waals surface area contributed by atoms with Crippen molar-refractivity contribution in [3.05, 3.63) is 29.5 Å². The van der Waals surface area contributed by atoms with E-state index in [1.165, 1.54) is 16.6 Å². The van der Waals surface area contributed by atoms with Crippen LogP contribution >= 0.6 is 0 Å². The zero-order valence-electron chi connectivity index (χ0n) is 8.62. The summed E-state index contributed by atoms with van der Waals surface area (Å²) in [6.45, 7) is 2.75. The zero-order chi connectivity index (χ0) is 10.1. The predicted molar refractivity (Wildman–Crippen MR) is 58.2 cm³/mol. The molecule has 0 amide bonds. The summed E-state index contributed by atoms with van der Waals surface area (Å²) >= 11 is 0. The minimum atomic E-state index is 0.669. The summed E-state index contributed by atoms with van der Waals surface area (Å²) in [5, 5.41) is 5.73.